The van der Waals surface area contributed by atoms with E-state index in [1.165, 1.54) is 12.1 Å². The third kappa shape index (κ3) is 2.89. The van der Waals surface area contributed by atoms with E-state index in [1.807, 2.05) is 0 Å². The second kappa shape index (κ2) is 4.53. The van der Waals surface area contributed by atoms with E-state index >= 15 is 0 Å². The van der Waals surface area contributed by atoms with E-state index in [2.05, 4.69) is 15.9 Å². The molecule has 5 heteroatoms. The van der Waals surface area contributed by atoms with Crippen molar-refractivity contribution in [2.24, 2.45) is 0 Å². The fraction of sp³-hybridized carbons (Fsp3) is 0.333. The first-order chi connectivity index (χ1) is 6.45. The van der Waals surface area contributed by atoms with Gasteiger partial charge in [0.15, 0.2) is 0 Å². The molecule has 0 aliphatic heterocycles. The molecule has 0 unspecified atom stereocenters. The maximum Gasteiger partial charge on any atom is 0.416 e. The Morgan fingerprint density at radius 2 is 1.93 bits per heavy atom. The van der Waals surface area contributed by atoms with Crippen LogP contribution >= 0.6 is 27.5 Å². The molecule has 0 saturated carbocycles. The van der Waals surface area contributed by atoms with Gasteiger partial charge < -0.3 is 0 Å². The Labute approximate surface area is 93.2 Å². The molecule has 0 fully saturated rings. The lowest BCUT2D eigenvalue weighted by atomic mass is 10.1. The summed E-state index contributed by atoms with van der Waals surface area (Å²) in [5.41, 5.74) is -0.386. The van der Waals surface area contributed by atoms with Crippen molar-refractivity contribution in [2.45, 2.75) is 12.6 Å². The summed E-state index contributed by atoms with van der Waals surface area (Å²) in [4.78, 5) is 0. The Balaban J connectivity index is 3.15. The van der Waals surface area contributed by atoms with E-state index in [0.717, 1.165) is 6.07 Å². The van der Waals surface area contributed by atoms with Crippen LogP contribution in [0.4, 0.5) is 13.2 Å². The van der Waals surface area contributed by atoms with Crippen LogP contribution in [0.15, 0.2) is 18.2 Å². The van der Waals surface area contributed by atoms with Crippen LogP contribution in [0.25, 0.3) is 0 Å². The van der Waals surface area contributed by atoms with Gasteiger partial charge in [0.05, 0.1) is 5.56 Å². The van der Waals surface area contributed by atoms with Crippen molar-refractivity contribution in [2.75, 3.05) is 5.33 Å². The molecule has 0 radical (unpaired) electrons. The highest BCUT2D eigenvalue weighted by molar-refractivity contribution is 9.09. The summed E-state index contributed by atoms with van der Waals surface area (Å²) < 4.78 is 37.3. The normalized spacial score (nSPS) is 11.8. The van der Waals surface area contributed by atoms with E-state index in [0.29, 0.717) is 16.8 Å². The molecule has 0 saturated heterocycles. The van der Waals surface area contributed by atoms with Gasteiger partial charge in [-0.2, -0.15) is 13.2 Å². The summed E-state index contributed by atoms with van der Waals surface area (Å²) in [7, 11) is 0. The first-order valence-corrected chi connectivity index (χ1v) is 5.36. The average molecular weight is 288 g/mol. The smallest absolute Gasteiger partial charge is 0.166 e. The fourth-order valence-corrected chi connectivity index (χ4v) is 1.77. The van der Waals surface area contributed by atoms with Gasteiger partial charge in [-0.25, -0.2) is 0 Å². The van der Waals surface area contributed by atoms with Crippen LogP contribution in [0, 0.1) is 0 Å². The average Bonchev–Trinajstić information content (AvgIpc) is 2.02. The number of aryl methyl sites for hydroxylation is 1. The van der Waals surface area contributed by atoms with Crippen LogP contribution in [-0.4, -0.2) is 5.33 Å². The summed E-state index contributed by atoms with van der Waals surface area (Å²) >= 11 is 8.72. The van der Waals surface area contributed by atoms with Crippen LogP contribution < -0.4 is 0 Å². The number of halogens is 5. The van der Waals surface area contributed by atoms with Crippen molar-refractivity contribution in [3.63, 3.8) is 0 Å². The van der Waals surface area contributed by atoms with Crippen LogP contribution in [0.3, 0.4) is 0 Å². The van der Waals surface area contributed by atoms with Crippen molar-refractivity contribution in [3.8, 4) is 0 Å². The summed E-state index contributed by atoms with van der Waals surface area (Å²) in [6, 6.07) is 3.62. The maximum absolute atomic E-state index is 12.4. The summed E-state index contributed by atoms with van der Waals surface area (Å²) in [6.45, 7) is 0. The van der Waals surface area contributed by atoms with Gasteiger partial charge in [0.25, 0.3) is 0 Å². The fourth-order valence-electron chi connectivity index (χ4n) is 1.15. The molecule has 0 aromatic heterocycles. The van der Waals surface area contributed by atoms with Crippen LogP contribution in [0.2, 0.25) is 5.02 Å². The van der Waals surface area contributed by atoms with Gasteiger partial charge in [-0.15, -0.1) is 0 Å². The predicted molar refractivity (Wildman–Crippen MR) is 54.0 cm³/mol. The van der Waals surface area contributed by atoms with Gasteiger partial charge in [0.1, 0.15) is 0 Å². The van der Waals surface area contributed by atoms with E-state index in [4.69, 9.17) is 11.6 Å². The molecule has 78 valence electrons. The Morgan fingerprint density at radius 3 is 2.43 bits per heavy atom. The molecule has 14 heavy (non-hydrogen) atoms. The summed E-state index contributed by atoms with van der Waals surface area (Å²) in [6.07, 6.45) is -3.99. The first kappa shape index (κ1) is 11.9. The number of rotatable bonds is 2. The van der Waals surface area contributed by atoms with Gasteiger partial charge in [-0.3, -0.25) is 0 Å². The zero-order chi connectivity index (χ0) is 10.8. The van der Waals surface area contributed by atoms with Crippen molar-refractivity contribution >= 4 is 27.5 Å². The molecule has 0 N–H and O–H groups in total. The lowest BCUT2D eigenvalue weighted by Gasteiger charge is -2.11. The highest BCUT2D eigenvalue weighted by Crippen LogP contribution is 2.33. The van der Waals surface area contributed by atoms with E-state index in [1.54, 1.807) is 0 Å². The predicted octanol–water partition coefficient (Wildman–Crippen LogP) is 4.30. The minimum Gasteiger partial charge on any atom is -0.166 e. The molecule has 0 atom stereocenters. The van der Waals surface area contributed by atoms with Crippen molar-refractivity contribution < 1.29 is 13.2 Å². The topological polar surface area (TPSA) is 0 Å². The van der Waals surface area contributed by atoms with Crippen molar-refractivity contribution in [1.29, 1.82) is 0 Å². The molecule has 0 aliphatic carbocycles. The number of hydrogen-bond donors (Lipinski definition) is 0. The minimum absolute atomic E-state index is 0.224. The van der Waals surface area contributed by atoms with Gasteiger partial charge in [-0.1, -0.05) is 27.5 Å². The number of benzene rings is 1. The van der Waals surface area contributed by atoms with Gasteiger partial charge in [-0.05, 0) is 30.2 Å². The van der Waals surface area contributed by atoms with Crippen molar-refractivity contribution in [3.05, 3.63) is 34.3 Å². The molecule has 1 aromatic carbocycles. The second-order valence-electron chi connectivity index (χ2n) is 2.74. The van der Waals surface area contributed by atoms with E-state index in [-0.39, 0.29) is 5.56 Å². The molecule has 1 aromatic rings. The number of hydrogen-bond acceptors (Lipinski definition) is 0. The third-order valence-corrected chi connectivity index (χ3v) is 2.37. The lowest BCUT2D eigenvalue weighted by Crippen LogP contribution is -2.09. The first-order valence-electron chi connectivity index (χ1n) is 3.86. The molecule has 0 spiro atoms. The summed E-state index contributed by atoms with van der Waals surface area (Å²) in [5, 5.41) is 0.810. The molecular weight excluding hydrogens is 280 g/mol. The Morgan fingerprint density at radius 1 is 1.29 bits per heavy atom. The largest absolute Gasteiger partial charge is 0.416 e. The third-order valence-electron chi connectivity index (χ3n) is 1.74. The van der Waals surface area contributed by atoms with Gasteiger partial charge >= 0.3 is 6.18 Å². The molecular formula is C9H7BrClF3. The second-order valence-corrected chi connectivity index (χ2v) is 3.97. The molecule has 0 nitrogen and oxygen atoms in total. The zero-order valence-corrected chi connectivity index (χ0v) is 9.38. The number of alkyl halides is 4. The standard InChI is InChI=1S/C9H7BrClF3/c10-4-3-6-5-7(11)1-2-8(6)9(12,13)14/h1-2,5H,3-4H2. The zero-order valence-electron chi connectivity index (χ0n) is 7.04. The minimum atomic E-state index is -4.30. The van der Waals surface area contributed by atoms with Crippen LogP contribution in [0.1, 0.15) is 11.1 Å². The lowest BCUT2D eigenvalue weighted by molar-refractivity contribution is -0.138. The highest BCUT2D eigenvalue weighted by atomic mass is 79.9. The van der Waals surface area contributed by atoms with E-state index in [9.17, 15) is 13.2 Å². The van der Waals surface area contributed by atoms with E-state index < -0.39 is 11.7 Å². The quantitative estimate of drug-likeness (QED) is 0.712. The Kier molecular flexibility index (Phi) is 3.84. The molecule has 1 rings (SSSR count). The van der Waals surface area contributed by atoms with Crippen molar-refractivity contribution in [1.82, 2.24) is 0 Å². The van der Waals surface area contributed by atoms with Gasteiger partial charge in [0, 0.05) is 10.4 Å². The molecule has 0 aliphatic rings. The Hall–Kier alpha value is -0.220. The highest BCUT2D eigenvalue weighted by Gasteiger charge is 2.32. The molecule has 0 bridgehead atoms. The Bertz CT molecular complexity index is 322. The molecule has 0 amide bonds. The van der Waals surface area contributed by atoms with Gasteiger partial charge in [0.2, 0.25) is 0 Å². The maximum atomic E-state index is 12.4. The summed E-state index contributed by atoms with van der Waals surface area (Å²) in [5.74, 6) is 0. The van der Waals surface area contributed by atoms with Crippen LogP contribution in [0.5, 0.6) is 0 Å². The monoisotopic (exact) mass is 286 g/mol. The SMILES string of the molecule is FC(F)(F)c1ccc(Cl)cc1CCBr. The van der Waals surface area contributed by atoms with Crippen LogP contribution in [-0.2, 0) is 12.6 Å². The molecule has 0 heterocycles.